The summed E-state index contributed by atoms with van der Waals surface area (Å²) in [4.78, 5) is 28.3. The van der Waals surface area contributed by atoms with E-state index in [2.05, 4.69) is 9.97 Å². The number of hydrogen-bond donors (Lipinski definition) is 0. The number of nitrogens with zero attached hydrogens (tertiary/aromatic N) is 5. The Bertz CT molecular complexity index is 950. The lowest BCUT2D eigenvalue weighted by Crippen LogP contribution is -2.39. The molecule has 1 aliphatic rings. The van der Waals surface area contributed by atoms with Crippen LogP contribution in [0.3, 0.4) is 0 Å². The summed E-state index contributed by atoms with van der Waals surface area (Å²) in [6.07, 6.45) is 7.42. The van der Waals surface area contributed by atoms with Crippen molar-refractivity contribution in [2.24, 2.45) is 7.05 Å². The highest BCUT2D eigenvalue weighted by Gasteiger charge is 2.26. The molecule has 1 fully saturated rings. The summed E-state index contributed by atoms with van der Waals surface area (Å²) >= 11 is 0. The van der Waals surface area contributed by atoms with Gasteiger partial charge in [0, 0.05) is 37.8 Å². The maximum absolute atomic E-state index is 12.8. The van der Waals surface area contributed by atoms with E-state index in [1.165, 1.54) is 0 Å². The van der Waals surface area contributed by atoms with Gasteiger partial charge in [0.15, 0.2) is 0 Å². The number of aromatic nitrogens is 4. The van der Waals surface area contributed by atoms with E-state index >= 15 is 0 Å². The van der Waals surface area contributed by atoms with E-state index in [0.29, 0.717) is 6.54 Å². The van der Waals surface area contributed by atoms with Crippen molar-refractivity contribution in [3.8, 4) is 11.4 Å². The van der Waals surface area contributed by atoms with E-state index in [9.17, 15) is 4.79 Å². The molecule has 0 saturated carbocycles. The van der Waals surface area contributed by atoms with Gasteiger partial charge in [-0.1, -0.05) is 18.2 Å². The first-order valence-corrected chi connectivity index (χ1v) is 9.28. The van der Waals surface area contributed by atoms with Crippen LogP contribution in [0.4, 0.5) is 0 Å². The number of benzene rings is 1. The zero-order valence-electron chi connectivity index (χ0n) is 15.7. The van der Waals surface area contributed by atoms with Crippen LogP contribution < -0.4 is 0 Å². The highest BCUT2D eigenvalue weighted by Crippen LogP contribution is 2.28. The Morgan fingerprint density at radius 3 is 2.70 bits per heavy atom. The molecular weight excluding hydrogens is 338 g/mol. The quantitative estimate of drug-likeness (QED) is 0.719. The molecule has 2 aromatic heterocycles. The van der Waals surface area contributed by atoms with Crippen molar-refractivity contribution in [3.05, 3.63) is 66.0 Å². The highest BCUT2D eigenvalue weighted by molar-refractivity contribution is 5.94. The molecule has 1 aromatic carbocycles. The number of rotatable bonds is 3. The lowest BCUT2D eigenvalue weighted by molar-refractivity contribution is 0.0706. The van der Waals surface area contributed by atoms with Crippen molar-refractivity contribution in [2.45, 2.75) is 25.7 Å². The summed E-state index contributed by atoms with van der Waals surface area (Å²) in [7, 11) is 1.98. The second-order valence-corrected chi connectivity index (χ2v) is 7.04. The standard InChI is InChI=1S/C21H23N5O/c1-15-23-13-20(25(15)2)19-12-22-11-18(24-19)17-9-6-10-26(14-17)21(27)16-7-4-3-5-8-16/h3-5,7-8,11-13,17H,6,9-10,14H2,1-2H3/t17-/m1/s1. The van der Waals surface area contributed by atoms with Gasteiger partial charge in [0.25, 0.3) is 5.91 Å². The Hall–Kier alpha value is -3.02. The number of amides is 1. The maximum atomic E-state index is 12.8. The molecule has 4 rings (SSSR count). The molecule has 0 N–H and O–H groups in total. The second kappa shape index (κ2) is 7.31. The van der Waals surface area contributed by atoms with Gasteiger partial charge in [-0.2, -0.15) is 0 Å². The van der Waals surface area contributed by atoms with E-state index < -0.39 is 0 Å². The minimum Gasteiger partial charge on any atom is -0.338 e. The lowest BCUT2D eigenvalue weighted by Gasteiger charge is -2.32. The van der Waals surface area contributed by atoms with Crippen LogP contribution in [0.15, 0.2) is 48.9 Å². The molecule has 0 bridgehead atoms. The molecule has 3 aromatic rings. The minimum atomic E-state index is 0.0895. The van der Waals surface area contributed by atoms with Gasteiger partial charge < -0.3 is 9.47 Å². The summed E-state index contributed by atoms with van der Waals surface area (Å²) in [5.74, 6) is 1.23. The predicted octanol–water partition coefficient (Wildman–Crippen LogP) is 3.21. The first-order chi connectivity index (χ1) is 13.1. The van der Waals surface area contributed by atoms with E-state index in [1.54, 1.807) is 6.20 Å². The molecule has 6 nitrogen and oxygen atoms in total. The van der Waals surface area contributed by atoms with E-state index in [4.69, 9.17) is 4.98 Å². The average molecular weight is 361 g/mol. The molecule has 0 unspecified atom stereocenters. The van der Waals surface area contributed by atoms with Gasteiger partial charge in [-0.15, -0.1) is 0 Å². The van der Waals surface area contributed by atoms with Gasteiger partial charge in [0.1, 0.15) is 11.5 Å². The van der Waals surface area contributed by atoms with Crippen LogP contribution in [0, 0.1) is 6.92 Å². The van der Waals surface area contributed by atoms with Crippen molar-refractivity contribution in [1.82, 2.24) is 24.4 Å². The van der Waals surface area contributed by atoms with Gasteiger partial charge >= 0.3 is 0 Å². The van der Waals surface area contributed by atoms with Gasteiger partial charge in [-0.25, -0.2) is 9.97 Å². The normalized spacial score (nSPS) is 17.1. The molecule has 138 valence electrons. The van der Waals surface area contributed by atoms with E-state index in [-0.39, 0.29) is 11.8 Å². The molecule has 0 radical (unpaired) electrons. The minimum absolute atomic E-state index is 0.0895. The van der Waals surface area contributed by atoms with Crippen LogP contribution in [0.5, 0.6) is 0 Å². The van der Waals surface area contributed by atoms with Crippen molar-refractivity contribution in [3.63, 3.8) is 0 Å². The molecule has 1 atom stereocenters. The fraction of sp³-hybridized carbons (Fsp3) is 0.333. The summed E-state index contributed by atoms with van der Waals surface area (Å²) in [5, 5.41) is 0. The monoisotopic (exact) mass is 361 g/mol. The topological polar surface area (TPSA) is 63.9 Å². The summed E-state index contributed by atoms with van der Waals surface area (Å²) in [6, 6.07) is 9.48. The third-order valence-corrected chi connectivity index (χ3v) is 5.28. The second-order valence-electron chi connectivity index (χ2n) is 7.04. The molecule has 0 spiro atoms. The third kappa shape index (κ3) is 3.47. The van der Waals surface area contributed by atoms with Crippen LogP contribution in [0.2, 0.25) is 0 Å². The SMILES string of the molecule is Cc1ncc(-c2cncc([C@@H]3CCCN(C(=O)c4ccccc4)C3)n2)n1C. The number of aryl methyl sites for hydroxylation is 1. The van der Waals surface area contributed by atoms with Gasteiger partial charge in [-0.05, 0) is 31.9 Å². The Morgan fingerprint density at radius 1 is 1.15 bits per heavy atom. The number of imidazole rings is 1. The van der Waals surface area contributed by atoms with Gasteiger partial charge in [0.2, 0.25) is 0 Å². The van der Waals surface area contributed by atoms with Crippen LogP contribution in [-0.4, -0.2) is 43.4 Å². The molecule has 27 heavy (non-hydrogen) atoms. The zero-order chi connectivity index (χ0) is 18.8. The van der Waals surface area contributed by atoms with Crippen LogP contribution in [0.25, 0.3) is 11.4 Å². The van der Waals surface area contributed by atoms with Crippen molar-refractivity contribution in [2.75, 3.05) is 13.1 Å². The van der Waals surface area contributed by atoms with Crippen molar-refractivity contribution < 1.29 is 4.79 Å². The molecule has 3 heterocycles. The lowest BCUT2D eigenvalue weighted by atomic mass is 9.94. The Kier molecular flexibility index (Phi) is 4.71. The maximum Gasteiger partial charge on any atom is 0.253 e. The Morgan fingerprint density at radius 2 is 1.96 bits per heavy atom. The van der Waals surface area contributed by atoms with Crippen LogP contribution >= 0.6 is 0 Å². The number of carbonyl (C=O) groups is 1. The van der Waals surface area contributed by atoms with Crippen molar-refractivity contribution >= 4 is 5.91 Å². The largest absolute Gasteiger partial charge is 0.338 e. The highest BCUT2D eigenvalue weighted by atomic mass is 16.2. The van der Waals surface area contributed by atoms with Gasteiger partial charge in [-0.3, -0.25) is 9.78 Å². The van der Waals surface area contributed by atoms with Crippen molar-refractivity contribution in [1.29, 1.82) is 0 Å². The fourth-order valence-electron chi connectivity index (χ4n) is 3.61. The third-order valence-electron chi connectivity index (χ3n) is 5.28. The summed E-state index contributed by atoms with van der Waals surface area (Å²) in [5.41, 5.74) is 3.46. The Balaban J connectivity index is 1.56. The molecule has 1 amide bonds. The zero-order valence-corrected chi connectivity index (χ0v) is 15.7. The fourth-order valence-corrected chi connectivity index (χ4v) is 3.61. The first-order valence-electron chi connectivity index (χ1n) is 9.28. The number of hydrogen-bond acceptors (Lipinski definition) is 4. The predicted molar refractivity (Wildman–Crippen MR) is 103 cm³/mol. The molecular formula is C21H23N5O. The summed E-state index contributed by atoms with van der Waals surface area (Å²) < 4.78 is 2.01. The molecule has 1 saturated heterocycles. The van der Waals surface area contributed by atoms with Gasteiger partial charge in [0.05, 0.1) is 23.8 Å². The number of piperidine rings is 1. The number of carbonyl (C=O) groups excluding carboxylic acids is 1. The smallest absolute Gasteiger partial charge is 0.253 e. The Labute approximate surface area is 158 Å². The summed E-state index contributed by atoms with van der Waals surface area (Å²) in [6.45, 7) is 3.43. The van der Waals surface area contributed by atoms with Crippen LogP contribution in [0.1, 0.15) is 40.6 Å². The van der Waals surface area contributed by atoms with E-state index in [1.807, 2.05) is 66.2 Å². The van der Waals surface area contributed by atoms with E-state index in [0.717, 1.165) is 47.9 Å². The molecule has 0 aliphatic carbocycles. The first kappa shape index (κ1) is 17.4. The average Bonchev–Trinajstić information content (AvgIpc) is 3.07. The van der Waals surface area contributed by atoms with Crippen LogP contribution in [-0.2, 0) is 7.05 Å². The molecule has 6 heteroatoms. The number of likely N-dealkylation sites (tertiary alicyclic amines) is 1. The molecule has 1 aliphatic heterocycles.